The molecule has 136 valence electrons. The number of carbonyl (C=O) groups is 1. The van der Waals surface area contributed by atoms with E-state index in [0.717, 1.165) is 10.8 Å². The Hall–Kier alpha value is -3.12. The molecule has 0 aromatic heterocycles. The Morgan fingerprint density at radius 3 is 2.37 bits per heavy atom. The highest BCUT2D eigenvalue weighted by Gasteiger charge is 2.33. The summed E-state index contributed by atoms with van der Waals surface area (Å²) >= 11 is 0. The minimum absolute atomic E-state index is 0.0425. The van der Waals surface area contributed by atoms with Crippen LogP contribution in [0.4, 0.5) is 5.69 Å². The fourth-order valence-corrected chi connectivity index (χ4v) is 4.52. The second kappa shape index (κ2) is 6.89. The number of rotatable bonds is 3. The second-order valence-corrected chi connectivity index (χ2v) is 8.25. The first-order valence-corrected chi connectivity index (χ1v) is 10.2. The smallest absolute Gasteiger partial charge is 0.292 e. The molecule has 0 bridgehead atoms. The van der Waals surface area contributed by atoms with E-state index in [-0.39, 0.29) is 23.0 Å². The molecule has 3 aromatic rings. The van der Waals surface area contributed by atoms with Crippen LogP contribution >= 0.6 is 0 Å². The maximum Gasteiger partial charge on any atom is 0.292 e. The van der Waals surface area contributed by atoms with Crippen LogP contribution in [0.5, 0.6) is 0 Å². The van der Waals surface area contributed by atoms with Crippen LogP contribution in [0.15, 0.2) is 78.6 Å². The van der Waals surface area contributed by atoms with Crippen molar-refractivity contribution < 1.29 is 17.9 Å². The summed E-state index contributed by atoms with van der Waals surface area (Å²) in [6.45, 7) is -0.0425. The molecule has 1 aliphatic rings. The number of anilines is 1. The summed E-state index contributed by atoms with van der Waals surface area (Å²) < 4.78 is 30.7. The average molecular weight is 379 g/mol. The van der Waals surface area contributed by atoms with Crippen LogP contribution in [0.3, 0.4) is 0 Å². The molecular weight excluding hydrogens is 362 g/mol. The van der Waals surface area contributed by atoms with Crippen LogP contribution in [-0.4, -0.2) is 26.7 Å². The third-order valence-corrected chi connectivity index (χ3v) is 6.11. The van der Waals surface area contributed by atoms with Crippen LogP contribution < -0.4 is 5.32 Å². The molecule has 0 saturated carbocycles. The van der Waals surface area contributed by atoms with Gasteiger partial charge in [-0.05, 0) is 28.5 Å². The molecule has 3 aromatic carbocycles. The molecule has 0 unspecified atom stereocenters. The maximum absolute atomic E-state index is 12.8. The highest BCUT2D eigenvalue weighted by atomic mass is 32.2. The van der Waals surface area contributed by atoms with E-state index in [1.54, 1.807) is 36.4 Å². The Balaban J connectivity index is 1.74. The first-order chi connectivity index (χ1) is 13.0. The van der Waals surface area contributed by atoms with E-state index in [4.69, 9.17) is 4.74 Å². The molecule has 0 radical (unpaired) electrons. The minimum Gasteiger partial charge on any atom is -0.486 e. The van der Waals surface area contributed by atoms with Gasteiger partial charge in [0.1, 0.15) is 11.5 Å². The molecule has 0 aliphatic carbocycles. The molecule has 1 N–H and O–H groups in total. The summed E-state index contributed by atoms with van der Waals surface area (Å²) in [7, 11) is -3.60. The summed E-state index contributed by atoms with van der Waals surface area (Å²) in [6.07, 6.45) is 0. The maximum atomic E-state index is 12.8. The molecular formula is C21H17NO4S. The van der Waals surface area contributed by atoms with Crippen molar-refractivity contribution in [2.45, 2.75) is 0 Å². The fraction of sp³-hybridized carbons (Fsp3) is 0.0952. The summed E-state index contributed by atoms with van der Waals surface area (Å²) in [5, 5.41) is 4.78. The van der Waals surface area contributed by atoms with E-state index in [1.165, 1.54) is 0 Å². The molecule has 27 heavy (non-hydrogen) atoms. The van der Waals surface area contributed by atoms with Crippen molar-refractivity contribution in [3.8, 4) is 0 Å². The van der Waals surface area contributed by atoms with E-state index in [2.05, 4.69) is 5.32 Å². The lowest BCUT2D eigenvalue weighted by molar-refractivity contribution is -0.115. The number of nitrogens with one attached hydrogen (secondary N) is 1. The largest absolute Gasteiger partial charge is 0.486 e. The quantitative estimate of drug-likeness (QED) is 0.755. The summed E-state index contributed by atoms with van der Waals surface area (Å²) in [5.41, 5.74) is 1.02. The van der Waals surface area contributed by atoms with Gasteiger partial charge in [-0.1, -0.05) is 60.7 Å². The van der Waals surface area contributed by atoms with Crippen molar-refractivity contribution >= 4 is 37.1 Å². The third-order valence-electron chi connectivity index (χ3n) is 4.37. The molecule has 0 spiro atoms. The highest BCUT2D eigenvalue weighted by Crippen LogP contribution is 2.30. The highest BCUT2D eigenvalue weighted by molar-refractivity contribution is 8.00. The lowest BCUT2D eigenvalue weighted by Gasteiger charge is -2.21. The summed E-state index contributed by atoms with van der Waals surface area (Å²) in [4.78, 5) is 12.8. The fourth-order valence-electron chi connectivity index (χ4n) is 3.09. The van der Waals surface area contributed by atoms with Gasteiger partial charge in [-0.15, -0.1) is 0 Å². The molecule has 1 amide bonds. The van der Waals surface area contributed by atoms with Gasteiger partial charge >= 0.3 is 0 Å². The van der Waals surface area contributed by atoms with Crippen LogP contribution in [0.2, 0.25) is 0 Å². The number of hydrogen-bond donors (Lipinski definition) is 1. The molecule has 0 fully saturated rings. The van der Waals surface area contributed by atoms with Crippen molar-refractivity contribution in [3.05, 3.63) is 84.1 Å². The van der Waals surface area contributed by atoms with Gasteiger partial charge in [0.2, 0.25) is 5.76 Å². The van der Waals surface area contributed by atoms with Crippen molar-refractivity contribution in [1.82, 2.24) is 0 Å². The van der Waals surface area contributed by atoms with Gasteiger partial charge < -0.3 is 10.1 Å². The predicted molar refractivity (Wildman–Crippen MR) is 106 cm³/mol. The lowest BCUT2D eigenvalue weighted by atomic mass is 10.1. The number of sulfone groups is 1. The zero-order valence-electron chi connectivity index (χ0n) is 14.4. The second-order valence-electron chi connectivity index (χ2n) is 6.21. The molecule has 0 saturated heterocycles. The van der Waals surface area contributed by atoms with Crippen LogP contribution in [0.25, 0.3) is 15.7 Å². The normalized spacial score (nSPS) is 16.0. The van der Waals surface area contributed by atoms with E-state index >= 15 is 0 Å². The topological polar surface area (TPSA) is 72.5 Å². The molecule has 5 nitrogen and oxygen atoms in total. The number of ether oxygens (including phenoxy) is 1. The lowest BCUT2D eigenvalue weighted by Crippen LogP contribution is -2.28. The Morgan fingerprint density at radius 2 is 1.59 bits per heavy atom. The van der Waals surface area contributed by atoms with E-state index in [0.29, 0.717) is 11.3 Å². The van der Waals surface area contributed by atoms with Crippen LogP contribution in [0, 0.1) is 0 Å². The van der Waals surface area contributed by atoms with Crippen molar-refractivity contribution in [2.75, 3.05) is 17.7 Å². The van der Waals surface area contributed by atoms with E-state index in [1.807, 2.05) is 36.4 Å². The van der Waals surface area contributed by atoms with Gasteiger partial charge in [0.05, 0.1) is 5.75 Å². The molecule has 0 atom stereocenters. The number of carbonyl (C=O) groups excluding carboxylic acids is 1. The third kappa shape index (κ3) is 3.44. The van der Waals surface area contributed by atoms with Crippen LogP contribution in [-0.2, 0) is 19.4 Å². The number of hydrogen-bond acceptors (Lipinski definition) is 4. The number of benzene rings is 3. The molecule has 1 aliphatic heterocycles. The Kier molecular flexibility index (Phi) is 4.41. The van der Waals surface area contributed by atoms with Gasteiger partial charge in [0.15, 0.2) is 9.84 Å². The molecule has 1 heterocycles. The molecule has 6 heteroatoms. The van der Waals surface area contributed by atoms with Gasteiger partial charge in [-0.2, -0.15) is 0 Å². The van der Waals surface area contributed by atoms with Gasteiger partial charge in [-0.25, -0.2) is 8.42 Å². The Labute approximate surface area is 157 Å². The zero-order valence-corrected chi connectivity index (χ0v) is 15.2. The van der Waals surface area contributed by atoms with Gasteiger partial charge in [-0.3, -0.25) is 4.79 Å². The van der Waals surface area contributed by atoms with Crippen molar-refractivity contribution in [3.63, 3.8) is 0 Å². The van der Waals surface area contributed by atoms with Crippen molar-refractivity contribution in [2.24, 2.45) is 0 Å². The molecule has 4 rings (SSSR count). The first-order valence-electron chi connectivity index (χ1n) is 8.50. The first kappa shape index (κ1) is 17.3. The van der Waals surface area contributed by atoms with Crippen LogP contribution in [0.1, 0.15) is 5.56 Å². The number of amides is 1. The van der Waals surface area contributed by atoms with E-state index < -0.39 is 15.7 Å². The Morgan fingerprint density at radius 1 is 0.889 bits per heavy atom. The van der Waals surface area contributed by atoms with E-state index in [9.17, 15) is 13.2 Å². The van der Waals surface area contributed by atoms with Gasteiger partial charge in [0, 0.05) is 5.69 Å². The standard InChI is InChI=1S/C21H17NO4S/c23-21(22-18-11-10-15-6-4-5-9-17(15)14-18)19-20(16-7-2-1-3-8-16)27(24,25)13-12-26-19/h1-11,14H,12-13H2,(H,22,23). The Bertz CT molecular complexity index is 1150. The SMILES string of the molecule is O=C(Nc1ccc2ccccc2c1)C1=C(c2ccccc2)S(=O)(=O)CCO1. The summed E-state index contributed by atoms with van der Waals surface area (Å²) in [5.74, 6) is -0.891. The zero-order chi connectivity index (χ0) is 18.9. The number of fused-ring (bicyclic) bond motifs is 1. The monoisotopic (exact) mass is 379 g/mol. The minimum atomic E-state index is -3.60. The van der Waals surface area contributed by atoms with Gasteiger partial charge in [0.25, 0.3) is 5.91 Å². The summed E-state index contributed by atoms with van der Waals surface area (Å²) in [6, 6.07) is 21.9. The van der Waals surface area contributed by atoms with Crippen molar-refractivity contribution in [1.29, 1.82) is 0 Å². The average Bonchev–Trinajstić information content (AvgIpc) is 2.67. The predicted octanol–water partition coefficient (Wildman–Crippen LogP) is 3.59.